The van der Waals surface area contributed by atoms with Crippen LogP contribution in [0.25, 0.3) is 0 Å². The molecule has 1 aliphatic rings. The number of rotatable bonds is 4. The Hall–Kier alpha value is -0.590. The van der Waals surface area contributed by atoms with Crippen LogP contribution in [0.4, 0.5) is 0 Å². The zero-order valence-electron chi connectivity index (χ0n) is 9.51. The maximum Gasteiger partial charge on any atom is 0.243 e. The number of nitrogens with one attached hydrogen (secondary N) is 1. The van der Waals surface area contributed by atoms with Crippen LogP contribution >= 0.6 is 11.8 Å². The molecule has 1 aliphatic heterocycles. The second-order valence-corrected chi connectivity index (χ2v) is 5.82. The molecule has 1 saturated heterocycles. The van der Waals surface area contributed by atoms with Crippen molar-refractivity contribution in [3.8, 4) is 0 Å². The van der Waals surface area contributed by atoms with Crippen molar-refractivity contribution in [2.45, 2.75) is 43.4 Å². The van der Waals surface area contributed by atoms with Gasteiger partial charge in [-0.25, -0.2) is 0 Å². The zero-order chi connectivity index (χ0) is 11.5. The molecule has 0 unspecified atom stereocenters. The molecule has 0 radical (unpaired) electrons. The number of hydrogen-bond donors (Lipinski definition) is 2. The first-order valence-electron chi connectivity index (χ1n) is 5.50. The maximum absolute atomic E-state index is 9.39. The molecule has 6 heteroatoms. The van der Waals surface area contributed by atoms with Crippen molar-refractivity contribution in [3.05, 3.63) is 11.7 Å². The Kier molecular flexibility index (Phi) is 3.83. The van der Waals surface area contributed by atoms with Crippen molar-refractivity contribution in [2.24, 2.45) is 0 Å². The van der Waals surface area contributed by atoms with Crippen molar-refractivity contribution in [3.63, 3.8) is 0 Å². The quantitative estimate of drug-likeness (QED) is 0.825. The van der Waals surface area contributed by atoms with E-state index in [4.69, 9.17) is 4.52 Å². The highest BCUT2D eigenvalue weighted by atomic mass is 32.2. The lowest BCUT2D eigenvalue weighted by Gasteiger charge is -2.02. The van der Waals surface area contributed by atoms with Crippen LogP contribution in [0.5, 0.6) is 0 Å². The summed E-state index contributed by atoms with van der Waals surface area (Å²) < 4.78 is 5.18. The van der Waals surface area contributed by atoms with Crippen LogP contribution in [0.15, 0.2) is 4.52 Å². The predicted molar refractivity (Wildman–Crippen MR) is 62.1 cm³/mol. The average molecular weight is 243 g/mol. The molecule has 90 valence electrons. The molecule has 1 fully saturated rings. The summed E-state index contributed by atoms with van der Waals surface area (Å²) in [4.78, 5) is 4.33. The zero-order valence-corrected chi connectivity index (χ0v) is 10.3. The van der Waals surface area contributed by atoms with Gasteiger partial charge in [0, 0.05) is 6.54 Å². The van der Waals surface area contributed by atoms with Crippen molar-refractivity contribution in [2.75, 3.05) is 6.54 Å². The van der Waals surface area contributed by atoms with Crippen LogP contribution < -0.4 is 5.32 Å². The second-order valence-electron chi connectivity index (χ2n) is 4.26. The Labute approximate surface area is 99.0 Å². The molecule has 2 heterocycles. The van der Waals surface area contributed by atoms with Gasteiger partial charge in [-0.2, -0.15) is 16.7 Å². The SMILES string of the molecule is CC(C)SCc1noc([C@H]2C[C@H](O)CN2)n1. The number of aromatic nitrogens is 2. The van der Waals surface area contributed by atoms with Crippen LogP contribution in [0.1, 0.15) is 38.0 Å². The number of thioether (sulfide) groups is 1. The molecule has 0 amide bonds. The standard InChI is InChI=1S/C10H17N3O2S/c1-6(2)16-5-9-12-10(15-13-9)8-3-7(14)4-11-8/h6-8,11,14H,3-5H2,1-2H3/t7-,8+/m0/s1. The molecular formula is C10H17N3O2S. The summed E-state index contributed by atoms with van der Waals surface area (Å²) in [5.41, 5.74) is 0. The average Bonchev–Trinajstić information content (AvgIpc) is 2.83. The van der Waals surface area contributed by atoms with E-state index in [1.54, 1.807) is 11.8 Å². The van der Waals surface area contributed by atoms with E-state index in [9.17, 15) is 5.11 Å². The molecule has 0 aromatic carbocycles. The van der Waals surface area contributed by atoms with Crippen molar-refractivity contribution < 1.29 is 9.63 Å². The molecule has 0 spiro atoms. The van der Waals surface area contributed by atoms with Crippen molar-refractivity contribution in [1.82, 2.24) is 15.5 Å². The molecular weight excluding hydrogens is 226 g/mol. The topological polar surface area (TPSA) is 71.2 Å². The van der Waals surface area contributed by atoms with E-state index in [1.165, 1.54) is 0 Å². The number of aliphatic hydroxyl groups is 1. The molecule has 2 rings (SSSR count). The Morgan fingerprint density at radius 3 is 3.06 bits per heavy atom. The third-order valence-electron chi connectivity index (χ3n) is 2.44. The van der Waals surface area contributed by atoms with E-state index in [1.807, 2.05) is 0 Å². The van der Waals surface area contributed by atoms with Gasteiger partial charge in [-0.1, -0.05) is 19.0 Å². The fourth-order valence-electron chi connectivity index (χ4n) is 1.61. The summed E-state index contributed by atoms with van der Waals surface area (Å²) in [5, 5.41) is 17.0. The Morgan fingerprint density at radius 2 is 2.44 bits per heavy atom. The van der Waals surface area contributed by atoms with Gasteiger partial charge in [0.05, 0.1) is 17.9 Å². The van der Waals surface area contributed by atoms with Gasteiger partial charge in [-0.15, -0.1) is 0 Å². The van der Waals surface area contributed by atoms with Gasteiger partial charge in [0.25, 0.3) is 0 Å². The summed E-state index contributed by atoms with van der Waals surface area (Å²) in [6, 6.07) is 0.0142. The molecule has 0 saturated carbocycles. The highest BCUT2D eigenvalue weighted by Gasteiger charge is 2.27. The van der Waals surface area contributed by atoms with Gasteiger partial charge < -0.3 is 14.9 Å². The van der Waals surface area contributed by atoms with E-state index in [0.29, 0.717) is 24.1 Å². The fraction of sp³-hybridized carbons (Fsp3) is 0.800. The lowest BCUT2D eigenvalue weighted by molar-refractivity contribution is 0.191. The monoisotopic (exact) mass is 243 g/mol. The Bertz CT molecular complexity index is 343. The number of nitrogens with zero attached hydrogens (tertiary/aromatic N) is 2. The minimum Gasteiger partial charge on any atom is -0.392 e. The van der Waals surface area contributed by atoms with Crippen LogP contribution in [0.2, 0.25) is 0 Å². The minimum absolute atomic E-state index is 0.0142. The largest absolute Gasteiger partial charge is 0.392 e. The number of β-amino-alcohol motifs (C(OH)–C–C–N with tert-alkyl or cyclic N) is 1. The van der Waals surface area contributed by atoms with Crippen LogP contribution in [0.3, 0.4) is 0 Å². The fourth-order valence-corrected chi connectivity index (χ4v) is 2.21. The highest BCUT2D eigenvalue weighted by molar-refractivity contribution is 7.99. The normalized spacial score (nSPS) is 25.5. The molecule has 2 atom stereocenters. The summed E-state index contributed by atoms with van der Waals surface area (Å²) in [7, 11) is 0. The predicted octanol–water partition coefficient (Wildman–Crippen LogP) is 1.11. The third-order valence-corrected chi connectivity index (χ3v) is 3.53. The van der Waals surface area contributed by atoms with E-state index in [2.05, 4.69) is 29.3 Å². The van der Waals surface area contributed by atoms with Gasteiger partial charge in [-0.05, 0) is 11.7 Å². The van der Waals surface area contributed by atoms with E-state index in [0.717, 1.165) is 11.6 Å². The van der Waals surface area contributed by atoms with E-state index < -0.39 is 0 Å². The number of aliphatic hydroxyl groups excluding tert-OH is 1. The van der Waals surface area contributed by atoms with E-state index >= 15 is 0 Å². The van der Waals surface area contributed by atoms with Crippen LogP contribution in [-0.2, 0) is 5.75 Å². The first kappa shape index (κ1) is 11.9. The highest BCUT2D eigenvalue weighted by Crippen LogP contribution is 2.23. The summed E-state index contributed by atoms with van der Waals surface area (Å²) in [6.07, 6.45) is 0.351. The number of hydrogen-bond acceptors (Lipinski definition) is 6. The third kappa shape index (κ3) is 2.96. The van der Waals surface area contributed by atoms with Gasteiger partial charge in [0.2, 0.25) is 5.89 Å². The lowest BCUT2D eigenvalue weighted by Crippen LogP contribution is -2.15. The Morgan fingerprint density at radius 1 is 1.62 bits per heavy atom. The smallest absolute Gasteiger partial charge is 0.243 e. The van der Waals surface area contributed by atoms with E-state index in [-0.39, 0.29) is 12.1 Å². The molecule has 1 aromatic heterocycles. The molecule has 1 aromatic rings. The Balaban J connectivity index is 1.91. The minimum atomic E-state index is -0.301. The molecule has 16 heavy (non-hydrogen) atoms. The van der Waals surface area contributed by atoms with Crippen LogP contribution in [-0.4, -0.2) is 33.1 Å². The second kappa shape index (κ2) is 5.16. The maximum atomic E-state index is 9.39. The van der Waals surface area contributed by atoms with Gasteiger partial charge in [0.1, 0.15) is 0 Å². The first-order chi connectivity index (χ1) is 7.65. The molecule has 0 bridgehead atoms. The van der Waals surface area contributed by atoms with Gasteiger partial charge in [-0.3, -0.25) is 0 Å². The molecule has 2 N–H and O–H groups in total. The first-order valence-corrected chi connectivity index (χ1v) is 6.55. The lowest BCUT2D eigenvalue weighted by atomic mass is 10.2. The van der Waals surface area contributed by atoms with Gasteiger partial charge >= 0.3 is 0 Å². The summed E-state index contributed by atoms with van der Waals surface area (Å²) in [6.45, 7) is 4.88. The van der Waals surface area contributed by atoms with Crippen molar-refractivity contribution in [1.29, 1.82) is 0 Å². The molecule has 5 nitrogen and oxygen atoms in total. The van der Waals surface area contributed by atoms with Crippen molar-refractivity contribution >= 4 is 11.8 Å². The molecule has 0 aliphatic carbocycles. The van der Waals surface area contributed by atoms with Crippen LogP contribution in [0, 0.1) is 0 Å². The summed E-state index contributed by atoms with van der Waals surface area (Å²) >= 11 is 1.79. The summed E-state index contributed by atoms with van der Waals surface area (Å²) in [5.74, 6) is 2.10. The van der Waals surface area contributed by atoms with Gasteiger partial charge in [0.15, 0.2) is 5.82 Å².